The van der Waals surface area contributed by atoms with Crippen molar-refractivity contribution in [3.63, 3.8) is 0 Å². The van der Waals surface area contributed by atoms with Gasteiger partial charge >= 0.3 is 0 Å². The van der Waals surface area contributed by atoms with Crippen molar-refractivity contribution in [3.05, 3.63) is 46.4 Å². The number of rotatable bonds is 2. The second-order valence-electron chi connectivity index (χ2n) is 4.13. The number of hydrogen-bond acceptors (Lipinski definition) is 3. The molecule has 2 aromatic heterocycles. The van der Waals surface area contributed by atoms with Gasteiger partial charge in [0.05, 0.1) is 23.9 Å². The zero-order chi connectivity index (χ0) is 11.8. The number of aromatic nitrogens is 2. The SMILES string of the molecule is Cc1ccc(Cn2cnc3cc(N)ccc32)s1. The molecule has 86 valence electrons. The van der Waals surface area contributed by atoms with E-state index in [2.05, 4.69) is 28.6 Å². The van der Waals surface area contributed by atoms with Gasteiger partial charge in [0.25, 0.3) is 0 Å². The lowest BCUT2D eigenvalue weighted by Crippen LogP contribution is -1.95. The largest absolute Gasteiger partial charge is 0.399 e. The van der Waals surface area contributed by atoms with Crippen LogP contribution in [0.4, 0.5) is 5.69 Å². The van der Waals surface area contributed by atoms with Crippen LogP contribution in [0.15, 0.2) is 36.7 Å². The van der Waals surface area contributed by atoms with Crippen LogP contribution in [-0.4, -0.2) is 9.55 Å². The molecule has 0 bridgehead atoms. The highest BCUT2D eigenvalue weighted by atomic mass is 32.1. The smallest absolute Gasteiger partial charge is 0.0961 e. The highest BCUT2D eigenvalue weighted by molar-refractivity contribution is 7.11. The average molecular weight is 243 g/mol. The van der Waals surface area contributed by atoms with Crippen LogP contribution in [-0.2, 0) is 6.54 Å². The fourth-order valence-electron chi connectivity index (χ4n) is 1.94. The minimum Gasteiger partial charge on any atom is -0.399 e. The van der Waals surface area contributed by atoms with Crippen LogP contribution in [0.25, 0.3) is 11.0 Å². The molecule has 0 unspecified atom stereocenters. The summed E-state index contributed by atoms with van der Waals surface area (Å²) in [7, 11) is 0. The van der Waals surface area contributed by atoms with Gasteiger partial charge in [-0.15, -0.1) is 11.3 Å². The first-order chi connectivity index (χ1) is 8.22. The first-order valence-electron chi connectivity index (χ1n) is 5.48. The third kappa shape index (κ3) is 1.91. The summed E-state index contributed by atoms with van der Waals surface area (Å²) in [6.07, 6.45) is 1.87. The van der Waals surface area contributed by atoms with Gasteiger partial charge in [-0.2, -0.15) is 0 Å². The maximum atomic E-state index is 5.74. The zero-order valence-electron chi connectivity index (χ0n) is 9.55. The summed E-state index contributed by atoms with van der Waals surface area (Å²) in [4.78, 5) is 7.06. The van der Waals surface area contributed by atoms with Crippen molar-refractivity contribution in [1.29, 1.82) is 0 Å². The predicted octanol–water partition coefficient (Wildman–Crippen LogP) is 3.04. The van der Waals surface area contributed by atoms with Crippen LogP contribution < -0.4 is 5.73 Å². The lowest BCUT2D eigenvalue weighted by molar-refractivity contribution is 0.838. The van der Waals surface area contributed by atoms with E-state index in [1.54, 1.807) is 0 Å². The molecule has 2 heterocycles. The lowest BCUT2D eigenvalue weighted by atomic mass is 10.3. The van der Waals surface area contributed by atoms with E-state index in [9.17, 15) is 0 Å². The molecule has 4 heteroatoms. The number of benzene rings is 1. The number of aryl methyl sites for hydroxylation is 1. The lowest BCUT2D eigenvalue weighted by Gasteiger charge is -2.02. The number of nitrogens with zero attached hydrogens (tertiary/aromatic N) is 2. The highest BCUT2D eigenvalue weighted by Crippen LogP contribution is 2.20. The van der Waals surface area contributed by atoms with Crippen molar-refractivity contribution in [2.24, 2.45) is 0 Å². The maximum absolute atomic E-state index is 5.74. The number of fused-ring (bicyclic) bond motifs is 1. The summed E-state index contributed by atoms with van der Waals surface area (Å²) < 4.78 is 2.15. The van der Waals surface area contributed by atoms with Crippen molar-refractivity contribution >= 4 is 28.1 Å². The Labute approximate surface area is 104 Å². The molecule has 3 aromatic rings. The van der Waals surface area contributed by atoms with E-state index in [0.29, 0.717) is 0 Å². The maximum Gasteiger partial charge on any atom is 0.0961 e. The molecule has 3 rings (SSSR count). The van der Waals surface area contributed by atoms with Gasteiger partial charge in [0, 0.05) is 15.4 Å². The van der Waals surface area contributed by atoms with Gasteiger partial charge in [-0.25, -0.2) is 4.98 Å². The Kier molecular flexibility index (Phi) is 2.37. The number of nitrogen functional groups attached to an aromatic ring is 1. The van der Waals surface area contributed by atoms with Crippen molar-refractivity contribution in [2.45, 2.75) is 13.5 Å². The molecule has 0 atom stereocenters. The first-order valence-corrected chi connectivity index (χ1v) is 6.30. The second kappa shape index (κ2) is 3.89. The molecule has 0 aliphatic heterocycles. The van der Waals surface area contributed by atoms with Gasteiger partial charge in [-0.3, -0.25) is 0 Å². The summed E-state index contributed by atoms with van der Waals surface area (Å²) in [6.45, 7) is 3.00. The van der Waals surface area contributed by atoms with Crippen molar-refractivity contribution < 1.29 is 0 Å². The Morgan fingerprint density at radius 3 is 2.94 bits per heavy atom. The van der Waals surface area contributed by atoms with Gasteiger partial charge in [-0.05, 0) is 37.3 Å². The fraction of sp³-hybridized carbons (Fsp3) is 0.154. The number of anilines is 1. The van der Waals surface area contributed by atoms with E-state index in [-0.39, 0.29) is 0 Å². The summed E-state index contributed by atoms with van der Waals surface area (Å²) in [6, 6.07) is 10.2. The standard InChI is InChI=1S/C13H13N3S/c1-9-2-4-11(17-9)7-16-8-15-12-6-10(14)3-5-13(12)16/h2-6,8H,7,14H2,1H3. The average Bonchev–Trinajstić information content (AvgIpc) is 2.86. The monoisotopic (exact) mass is 243 g/mol. The molecular weight excluding hydrogens is 230 g/mol. The summed E-state index contributed by atoms with van der Waals surface area (Å²) in [5.74, 6) is 0. The minimum absolute atomic E-state index is 0.759. The van der Waals surface area contributed by atoms with E-state index in [1.807, 2.05) is 35.9 Å². The van der Waals surface area contributed by atoms with E-state index in [0.717, 1.165) is 23.3 Å². The van der Waals surface area contributed by atoms with Crippen molar-refractivity contribution in [3.8, 4) is 0 Å². The molecule has 0 radical (unpaired) electrons. The molecular formula is C13H13N3S. The van der Waals surface area contributed by atoms with Crippen molar-refractivity contribution in [2.75, 3.05) is 5.73 Å². The van der Waals surface area contributed by atoms with E-state index in [1.165, 1.54) is 9.75 Å². The van der Waals surface area contributed by atoms with E-state index < -0.39 is 0 Å². The Hall–Kier alpha value is -1.81. The Morgan fingerprint density at radius 2 is 2.18 bits per heavy atom. The topological polar surface area (TPSA) is 43.8 Å². The van der Waals surface area contributed by atoms with Crippen LogP contribution in [0.5, 0.6) is 0 Å². The van der Waals surface area contributed by atoms with Crippen LogP contribution in [0.1, 0.15) is 9.75 Å². The predicted molar refractivity (Wildman–Crippen MR) is 72.3 cm³/mol. The Morgan fingerprint density at radius 1 is 1.29 bits per heavy atom. The molecule has 0 fully saturated rings. The van der Waals surface area contributed by atoms with E-state index >= 15 is 0 Å². The Balaban J connectivity index is 2.00. The minimum atomic E-state index is 0.759. The Bertz CT molecular complexity index is 666. The number of thiophene rings is 1. The normalized spacial score (nSPS) is 11.1. The van der Waals surface area contributed by atoms with Gasteiger partial charge in [0.1, 0.15) is 0 Å². The number of imidazole rings is 1. The zero-order valence-corrected chi connectivity index (χ0v) is 10.4. The summed E-state index contributed by atoms with van der Waals surface area (Å²) >= 11 is 1.82. The van der Waals surface area contributed by atoms with Crippen LogP contribution in [0, 0.1) is 6.92 Å². The van der Waals surface area contributed by atoms with E-state index in [4.69, 9.17) is 5.73 Å². The molecule has 17 heavy (non-hydrogen) atoms. The third-order valence-electron chi connectivity index (χ3n) is 2.77. The number of hydrogen-bond donors (Lipinski definition) is 1. The molecule has 2 N–H and O–H groups in total. The van der Waals surface area contributed by atoms with Gasteiger partial charge < -0.3 is 10.3 Å². The first kappa shape index (κ1) is 10.4. The highest BCUT2D eigenvalue weighted by Gasteiger charge is 2.04. The van der Waals surface area contributed by atoms with Gasteiger partial charge in [-0.1, -0.05) is 0 Å². The second-order valence-corrected chi connectivity index (χ2v) is 5.51. The quantitative estimate of drug-likeness (QED) is 0.703. The van der Waals surface area contributed by atoms with Crippen LogP contribution >= 0.6 is 11.3 Å². The molecule has 0 saturated heterocycles. The number of nitrogens with two attached hydrogens (primary N) is 1. The molecule has 3 nitrogen and oxygen atoms in total. The molecule has 0 amide bonds. The molecule has 1 aromatic carbocycles. The summed E-state index contributed by atoms with van der Waals surface area (Å²) in [5, 5.41) is 0. The molecule has 0 saturated carbocycles. The fourth-order valence-corrected chi connectivity index (χ4v) is 2.83. The molecule has 0 aliphatic carbocycles. The van der Waals surface area contributed by atoms with Gasteiger partial charge in [0.15, 0.2) is 0 Å². The van der Waals surface area contributed by atoms with Crippen LogP contribution in [0.3, 0.4) is 0 Å². The van der Waals surface area contributed by atoms with Gasteiger partial charge in [0.2, 0.25) is 0 Å². The third-order valence-corrected chi connectivity index (χ3v) is 3.75. The van der Waals surface area contributed by atoms with Crippen molar-refractivity contribution in [1.82, 2.24) is 9.55 Å². The molecule has 0 spiro atoms. The molecule has 0 aliphatic rings. The summed E-state index contributed by atoms with van der Waals surface area (Å²) in [5.41, 5.74) is 8.59. The van der Waals surface area contributed by atoms with Crippen LogP contribution in [0.2, 0.25) is 0 Å².